The van der Waals surface area contributed by atoms with Crippen LogP contribution in [0.25, 0.3) is 0 Å². The van der Waals surface area contributed by atoms with E-state index in [0.717, 1.165) is 12.0 Å². The third kappa shape index (κ3) is 5.82. The molecule has 0 aromatic heterocycles. The van der Waals surface area contributed by atoms with E-state index in [0.29, 0.717) is 31.6 Å². The number of esters is 1. The third-order valence-corrected chi connectivity index (χ3v) is 2.67. The van der Waals surface area contributed by atoms with E-state index in [-0.39, 0.29) is 11.8 Å². The molecule has 1 aromatic rings. The van der Waals surface area contributed by atoms with Crippen molar-refractivity contribution in [2.45, 2.75) is 32.6 Å². The summed E-state index contributed by atoms with van der Waals surface area (Å²) in [7, 11) is 1.36. The maximum atomic E-state index is 12.9. The molecule has 110 valence electrons. The van der Waals surface area contributed by atoms with Gasteiger partial charge in [0, 0.05) is 6.42 Å². The second-order valence-corrected chi connectivity index (χ2v) is 4.31. The molecule has 5 heteroatoms. The van der Waals surface area contributed by atoms with E-state index >= 15 is 0 Å². The molecule has 0 aliphatic carbocycles. The molecule has 0 aliphatic rings. The van der Waals surface area contributed by atoms with Gasteiger partial charge in [0.2, 0.25) is 0 Å². The Labute approximate surface area is 118 Å². The molecule has 0 spiro atoms. The molecule has 0 saturated carbocycles. The maximum absolute atomic E-state index is 12.9. The van der Waals surface area contributed by atoms with Crippen molar-refractivity contribution < 1.29 is 18.8 Å². The number of hydrogen-bond donors (Lipinski definition) is 0. The fourth-order valence-corrected chi connectivity index (χ4v) is 1.60. The lowest BCUT2D eigenvalue weighted by Gasteiger charge is -2.07. The van der Waals surface area contributed by atoms with Crippen LogP contribution in [0.3, 0.4) is 0 Å². The molecule has 0 bridgehead atoms. The molecule has 0 radical (unpaired) electrons. The van der Waals surface area contributed by atoms with Crippen molar-refractivity contribution in [3.05, 3.63) is 35.6 Å². The van der Waals surface area contributed by atoms with E-state index in [4.69, 9.17) is 4.84 Å². The minimum Gasteiger partial charge on any atom is -0.469 e. The van der Waals surface area contributed by atoms with E-state index < -0.39 is 0 Å². The number of ether oxygens (including phenoxy) is 1. The van der Waals surface area contributed by atoms with Gasteiger partial charge in [0.05, 0.1) is 12.8 Å². The van der Waals surface area contributed by atoms with Crippen molar-refractivity contribution in [3.63, 3.8) is 0 Å². The van der Waals surface area contributed by atoms with Crippen LogP contribution in [-0.4, -0.2) is 25.4 Å². The van der Waals surface area contributed by atoms with Crippen molar-refractivity contribution in [1.82, 2.24) is 0 Å². The molecule has 0 fully saturated rings. The zero-order chi connectivity index (χ0) is 14.8. The first-order chi connectivity index (χ1) is 9.67. The van der Waals surface area contributed by atoms with Crippen LogP contribution in [0.15, 0.2) is 29.4 Å². The fourth-order valence-electron chi connectivity index (χ4n) is 1.60. The zero-order valence-corrected chi connectivity index (χ0v) is 11.9. The molecule has 0 saturated heterocycles. The smallest absolute Gasteiger partial charge is 0.305 e. The summed E-state index contributed by atoms with van der Waals surface area (Å²) in [5.41, 5.74) is 1.51. The predicted octanol–water partition coefficient (Wildman–Crippen LogP) is 3.30. The highest BCUT2D eigenvalue weighted by Crippen LogP contribution is 2.11. The summed E-state index contributed by atoms with van der Waals surface area (Å²) < 4.78 is 17.5. The van der Waals surface area contributed by atoms with E-state index in [1.807, 2.05) is 6.92 Å². The number of halogens is 1. The number of nitrogens with zero attached hydrogens (tertiary/aromatic N) is 1. The molecule has 20 heavy (non-hydrogen) atoms. The Hall–Kier alpha value is -1.91. The molecule has 0 heterocycles. The molecular formula is C15H20FNO3. The summed E-state index contributed by atoms with van der Waals surface area (Å²) in [6.07, 6.45) is 2.37. The van der Waals surface area contributed by atoms with Gasteiger partial charge in [-0.2, -0.15) is 0 Å². The Morgan fingerprint density at radius 1 is 1.25 bits per heavy atom. The average molecular weight is 281 g/mol. The van der Waals surface area contributed by atoms with E-state index in [9.17, 15) is 9.18 Å². The summed E-state index contributed by atoms with van der Waals surface area (Å²) >= 11 is 0. The topological polar surface area (TPSA) is 47.9 Å². The van der Waals surface area contributed by atoms with Gasteiger partial charge in [0.1, 0.15) is 12.4 Å². The Morgan fingerprint density at radius 2 is 1.95 bits per heavy atom. The number of carbonyl (C=O) groups is 1. The van der Waals surface area contributed by atoms with Crippen molar-refractivity contribution in [1.29, 1.82) is 0 Å². The van der Waals surface area contributed by atoms with Crippen molar-refractivity contribution in [2.24, 2.45) is 5.16 Å². The van der Waals surface area contributed by atoms with Gasteiger partial charge in [-0.05, 0) is 37.0 Å². The zero-order valence-electron chi connectivity index (χ0n) is 11.9. The van der Waals surface area contributed by atoms with Gasteiger partial charge in [-0.15, -0.1) is 0 Å². The van der Waals surface area contributed by atoms with E-state index in [1.54, 1.807) is 12.1 Å². The lowest BCUT2D eigenvalue weighted by Crippen LogP contribution is -2.06. The van der Waals surface area contributed by atoms with Crippen molar-refractivity contribution in [2.75, 3.05) is 13.7 Å². The number of oxime groups is 1. The SMILES string of the molecule is CCCO/N=C(\CCCC(=O)OC)c1ccc(F)cc1. The van der Waals surface area contributed by atoms with Gasteiger partial charge in [-0.1, -0.05) is 24.2 Å². The van der Waals surface area contributed by atoms with Crippen molar-refractivity contribution >= 4 is 11.7 Å². The van der Waals surface area contributed by atoms with Crippen LogP contribution in [0.4, 0.5) is 4.39 Å². The average Bonchev–Trinajstić information content (AvgIpc) is 2.46. The standard InChI is InChI=1S/C15H20FNO3/c1-3-11-20-17-14(5-4-6-15(18)19-2)12-7-9-13(16)10-8-12/h7-10H,3-6,11H2,1-2H3/b17-14+. The summed E-state index contributed by atoms with van der Waals surface area (Å²) in [6, 6.07) is 6.07. The second kappa shape index (κ2) is 9.07. The molecule has 0 atom stereocenters. The van der Waals surface area contributed by atoms with Crippen LogP contribution < -0.4 is 0 Å². The highest BCUT2D eigenvalue weighted by atomic mass is 19.1. The number of rotatable bonds is 8. The highest BCUT2D eigenvalue weighted by molar-refractivity contribution is 6.00. The molecule has 0 aliphatic heterocycles. The van der Waals surface area contributed by atoms with Crippen LogP contribution in [0.2, 0.25) is 0 Å². The molecule has 0 unspecified atom stereocenters. The molecular weight excluding hydrogens is 261 g/mol. The molecule has 4 nitrogen and oxygen atoms in total. The summed E-state index contributed by atoms with van der Waals surface area (Å²) in [4.78, 5) is 16.3. The van der Waals surface area contributed by atoms with Gasteiger partial charge in [-0.25, -0.2) is 4.39 Å². The largest absolute Gasteiger partial charge is 0.469 e. The minimum absolute atomic E-state index is 0.252. The first-order valence-electron chi connectivity index (χ1n) is 6.69. The Balaban J connectivity index is 2.67. The van der Waals surface area contributed by atoms with Gasteiger partial charge < -0.3 is 9.57 Å². The van der Waals surface area contributed by atoms with E-state index in [2.05, 4.69) is 9.89 Å². The lowest BCUT2D eigenvalue weighted by atomic mass is 10.0. The highest BCUT2D eigenvalue weighted by Gasteiger charge is 2.07. The molecule has 0 amide bonds. The van der Waals surface area contributed by atoms with Gasteiger partial charge in [0.15, 0.2) is 0 Å². The summed E-state index contributed by atoms with van der Waals surface area (Å²) in [5.74, 6) is -0.546. The molecule has 1 rings (SSSR count). The second-order valence-electron chi connectivity index (χ2n) is 4.31. The van der Waals surface area contributed by atoms with E-state index in [1.165, 1.54) is 19.2 Å². The number of benzene rings is 1. The third-order valence-electron chi connectivity index (χ3n) is 2.67. The minimum atomic E-state index is -0.294. The van der Waals surface area contributed by atoms with Crippen LogP contribution in [0.5, 0.6) is 0 Å². The van der Waals surface area contributed by atoms with Crippen molar-refractivity contribution in [3.8, 4) is 0 Å². The maximum Gasteiger partial charge on any atom is 0.305 e. The predicted molar refractivity (Wildman–Crippen MR) is 75.0 cm³/mol. The quantitative estimate of drug-likeness (QED) is 0.318. The van der Waals surface area contributed by atoms with Crippen LogP contribution in [-0.2, 0) is 14.4 Å². The van der Waals surface area contributed by atoms with Gasteiger partial charge in [-0.3, -0.25) is 4.79 Å². The van der Waals surface area contributed by atoms with Gasteiger partial charge >= 0.3 is 5.97 Å². The Kier molecular flexibility index (Phi) is 7.32. The van der Waals surface area contributed by atoms with Crippen LogP contribution in [0.1, 0.15) is 38.2 Å². The first kappa shape index (κ1) is 16.1. The summed E-state index contributed by atoms with van der Waals surface area (Å²) in [5, 5.41) is 4.08. The van der Waals surface area contributed by atoms with Crippen LogP contribution >= 0.6 is 0 Å². The molecule has 0 N–H and O–H groups in total. The Bertz CT molecular complexity index is 443. The monoisotopic (exact) mass is 281 g/mol. The van der Waals surface area contributed by atoms with Crippen LogP contribution in [0, 0.1) is 5.82 Å². The van der Waals surface area contributed by atoms with Gasteiger partial charge in [0.25, 0.3) is 0 Å². The number of hydrogen-bond acceptors (Lipinski definition) is 4. The Morgan fingerprint density at radius 3 is 2.55 bits per heavy atom. The lowest BCUT2D eigenvalue weighted by molar-refractivity contribution is -0.140. The number of methoxy groups -OCH3 is 1. The first-order valence-corrected chi connectivity index (χ1v) is 6.69. The fraction of sp³-hybridized carbons (Fsp3) is 0.467. The normalized spacial score (nSPS) is 11.2. The molecule has 1 aromatic carbocycles. The summed E-state index contributed by atoms with van der Waals surface area (Å²) in [6.45, 7) is 2.52. The number of carbonyl (C=O) groups excluding carboxylic acids is 1.